The molecule has 2 aromatic rings. The van der Waals surface area contributed by atoms with Crippen molar-refractivity contribution in [2.45, 2.75) is 17.9 Å². The van der Waals surface area contributed by atoms with E-state index in [1.165, 1.54) is 23.1 Å². The molecule has 10 heteroatoms. The number of nitrogens with one attached hydrogen (secondary N) is 1. The molecule has 1 heterocycles. The number of rotatable bonds is 3. The summed E-state index contributed by atoms with van der Waals surface area (Å²) in [5.74, 6) is -2.53. The van der Waals surface area contributed by atoms with Crippen LogP contribution in [-0.2, 0) is 10.0 Å². The zero-order valence-corrected chi connectivity index (χ0v) is 15.7. The van der Waals surface area contributed by atoms with Crippen LogP contribution in [0.2, 0.25) is 0 Å². The lowest BCUT2D eigenvalue weighted by Gasteiger charge is -2.38. The van der Waals surface area contributed by atoms with E-state index in [4.69, 9.17) is 0 Å². The molecule has 1 saturated heterocycles. The molecule has 2 aromatic carbocycles. The maximum atomic E-state index is 13.9. The number of piperazine rings is 1. The fourth-order valence-corrected chi connectivity index (χ4v) is 4.73. The van der Waals surface area contributed by atoms with E-state index in [0.29, 0.717) is 6.07 Å². The second-order valence-corrected chi connectivity index (χ2v) is 8.25. The van der Waals surface area contributed by atoms with E-state index in [0.717, 1.165) is 22.5 Å². The highest BCUT2D eigenvalue weighted by Crippen LogP contribution is 2.24. The number of nitrogens with zero attached hydrogens (tertiary/aromatic N) is 2. The molecule has 1 aliphatic heterocycles. The Morgan fingerprint density at radius 3 is 2.43 bits per heavy atom. The van der Waals surface area contributed by atoms with Crippen LogP contribution in [0, 0.1) is 17.5 Å². The van der Waals surface area contributed by atoms with Gasteiger partial charge in [0.15, 0.2) is 0 Å². The molecule has 0 aromatic heterocycles. The third-order valence-corrected chi connectivity index (χ3v) is 6.50. The van der Waals surface area contributed by atoms with E-state index < -0.39 is 44.4 Å². The molecule has 0 saturated carbocycles. The van der Waals surface area contributed by atoms with Crippen LogP contribution in [0.1, 0.15) is 6.92 Å². The normalized spacial score (nSPS) is 18.1. The predicted molar refractivity (Wildman–Crippen MR) is 96.7 cm³/mol. The molecule has 1 aliphatic rings. The van der Waals surface area contributed by atoms with Gasteiger partial charge in [0.25, 0.3) is 0 Å². The van der Waals surface area contributed by atoms with Gasteiger partial charge in [0, 0.05) is 31.7 Å². The van der Waals surface area contributed by atoms with Gasteiger partial charge in [0.2, 0.25) is 10.0 Å². The Morgan fingerprint density at radius 2 is 1.79 bits per heavy atom. The lowest BCUT2D eigenvalue weighted by atomic mass is 10.2. The number of carbonyl (C=O) groups is 1. The Labute approximate surface area is 160 Å². The number of halogens is 3. The maximum Gasteiger partial charge on any atom is 0.322 e. The summed E-state index contributed by atoms with van der Waals surface area (Å²) >= 11 is 0. The highest BCUT2D eigenvalue weighted by atomic mass is 32.2. The van der Waals surface area contributed by atoms with Crippen LogP contribution in [0.25, 0.3) is 0 Å². The average Bonchev–Trinajstić information content (AvgIpc) is 2.63. The largest absolute Gasteiger partial charge is 0.322 e. The van der Waals surface area contributed by atoms with E-state index >= 15 is 0 Å². The lowest BCUT2D eigenvalue weighted by molar-refractivity contribution is 0.157. The molecule has 1 fully saturated rings. The molecule has 1 N–H and O–H groups in total. The number of amides is 2. The molecule has 28 heavy (non-hydrogen) atoms. The average molecular weight is 413 g/mol. The summed E-state index contributed by atoms with van der Waals surface area (Å²) in [7, 11) is -4.06. The Morgan fingerprint density at radius 1 is 1.07 bits per heavy atom. The Bertz CT molecular complexity index is 1000. The minimum atomic E-state index is -4.06. The Kier molecular flexibility index (Phi) is 5.61. The summed E-state index contributed by atoms with van der Waals surface area (Å²) in [6, 6.07) is 6.59. The second-order valence-electron chi connectivity index (χ2n) is 6.40. The molecule has 150 valence electrons. The summed E-state index contributed by atoms with van der Waals surface area (Å²) < 4.78 is 67.2. The zero-order valence-electron chi connectivity index (χ0n) is 14.9. The van der Waals surface area contributed by atoms with Crippen LogP contribution in [0.4, 0.5) is 23.7 Å². The summed E-state index contributed by atoms with van der Waals surface area (Å²) in [5, 5.41) is 2.34. The topological polar surface area (TPSA) is 69.7 Å². The molecule has 2 amide bonds. The highest BCUT2D eigenvalue weighted by molar-refractivity contribution is 7.89. The van der Waals surface area contributed by atoms with Crippen molar-refractivity contribution in [2.24, 2.45) is 0 Å². The molecule has 0 aliphatic carbocycles. The third kappa shape index (κ3) is 3.97. The molecular formula is C18H18F3N3O3S. The van der Waals surface area contributed by atoms with E-state index in [9.17, 15) is 26.4 Å². The van der Waals surface area contributed by atoms with Gasteiger partial charge in [-0.3, -0.25) is 0 Å². The van der Waals surface area contributed by atoms with Crippen molar-refractivity contribution in [3.8, 4) is 0 Å². The van der Waals surface area contributed by atoms with Crippen molar-refractivity contribution in [1.82, 2.24) is 9.21 Å². The molecule has 0 spiro atoms. The zero-order chi connectivity index (χ0) is 20.5. The van der Waals surface area contributed by atoms with Crippen molar-refractivity contribution in [3.05, 3.63) is 59.9 Å². The Hall–Kier alpha value is -2.59. The number of benzene rings is 2. The van der Waals surface area contributed by atoms with Crippen molar-refractivity contribution < 1.29 is 26.4 Å². The molecular weight excluding hydrogens is 395 g/mol. The highest BCUT2D eigenvalue weighted by Gasteiger charge is 2.36. The van der Waals surface area contributed by atoms with Crippen molar-refractivity contribution in [2.75, 3.05) is 25.0 Å². The minimum absolute atomic E-state index is 0.0301. The van der Waals surface area contributed by atoms with Gasteiger partial charge in [-0.25, -0.2) is 26.4 Å². The fourth-order valence-electron chi connectivity index (χ4n) is 3.05. The van der Waals surface area contributed by atoms with Gasteiger partial charge in [0.1, 0.15) is 22.3 Å². The van der Waals surface area contributed by atoms with Gasteiger partial charge in [0.05, 0.1) is 5.69 Å². The Balaban J connectivity index is 1.71. The summed E-state index contributed by atoms with van der Waals surface area (Å²) in [6.07, 6.45) is 0. The monoisotopic (exact) mass is 413 g/mol. The standard InChI is InChI=1S/C18H18F3N3O3S/c1-12-11-23(18(25)22-16-7-6-13(19)10-15(16)21)8-9-24(12)28(26,27)17-5-3-2-4-14(17)20/h2-7,10,12H,8-9,11H2,1H3,(H,22,25). The third-order valence-electron chi connectivity index (χ3n) is 4.45. The minimum Gasteiger partial charge on any atom is -0.322 e. The summed E-state index contributed by atoms with van der Waals surface area (Å²) in [4.78, 5) is 13.3. The van der Waals surface area contributed by atoms with Crippen molar-refractivity contribution in [3.63, 3.8) is 0 Å². The molecule has 3 rings (SSSR count). The van der Waals surface area contributed by atoms with Gasteiger partial charge < -0.3 is 10.2 Å². The van der Waals surface area contributed by atoms with Gasteiger partial charge >= 0.3 is 6.03 Å². The lowest BCUT2D eigenvalue weighted by Crippen LogP contribution is -2.56. The number of anilines is 1. The number of carbonyl (C=O) groups excluding carboxylic acids is 1. The summed E-state index contributed by atoms with van der Waals surface area (Å²) in [6.45, 7) is 1.61. The van der Waals surface area contributed by atoms with Gasteiger partial charge in [-0.15, -0.1) is 0 Å². The van der Waals surface area contributed by atoms with Gasteiger partial charge in [-0.2, -0.15) is 4.31 Å². The molecule has 0 radical (unpaired) electrons. The summed E-state index contributed by atoms with van der Waals surface area (Å²) in [5.41, 5.74) is -0.180. The molecule has 0 bridgehead atoms. The van der Waals surface area contributed by atoms with E-state index in [2.05, 4.69) is 5.32 Å². The van der Waals surface area contributed by atoms with Crippen molar-refractivity contribution in [1.29, 1.82) is 0 Å². The number of urea groups is 1. The van der Waals surface area contributed by atoms with Crippen LogP contribution in [0.15, 0.2) is 47.4 Å². The van der Waals surface area contributed by atoms with Crippen LogP contribution in [0.3, 0.4) is 0 Å². The molecule has 1 unspecified atom stereocenters. The fraction of sp³-hybridized carbons (Fsp3) is 0.278. The van der Waals surface area contributed by atoms with Crippen LogP contribution in [0.5, 0.6) is 0 Å². The van der Waals surface area contributed by atoms with Crippen LogP contribution >= 0.6 is 0 Å². The second kappa shape index (κ2) is 7.80. The van der Waals surface area contributed by atoms with E-state index in [1.54, 1.807) is 6.92 Å². The first-order valence-corrected chi connectivity index (χ1v) is 9.91. The van der Waals surface area contributed by atoms with Gasteiger partial charge in [-0.05, 0) is 31.2 Å². The first-order chi connectivity index (χ1) is 13.2. The van der Waals surface area contributed by atoms with Crippen LogP contribution in [-0.4, -0.2) is 49.3 Å². The van der Waals surface area contributed by atoms with E-state index in [-0.39, 0.29) is 25.3 Å². The quantitative estimate of drug-likeness (QED) is 0.841. The van der Waals surface area contributed by atoms with Gasteiger partial charge in [-0.1, -0.05) is 12.1 Å². The van der Waals surface area contributed by atoms with Crippen LogP contribution < -0.4 is 5.32 Å². The van der Waals surface area contributed by atoms with Crippen molar-refractivity contribution >= 4 is 21.7 Å². The first kappa shape index (κ1) is 20.2. The number of hydrogen-bond donors (Lipinski definition) is 1. The number of hydrogen-bond acceptors (Lipinski definition) is 3. The predicted octanol–water partition coefficient (Wildman–Crippen LogP) is 3.03. The first-order valence-electron chi connectivity index (χ1n) is 8.47. The maximum absolute atomic E-state index is 13.9. The SMILES string of the molecule is CC1CN(C(=O)Nc2ccc(F)cc2F)CCN1S(=O)(=O)c1ccccc1F. The number of sulfonamides is 1. The molecule has 1 atom stereocenters. The molecule has 6 nitrogen and oxygen atoms in total. The van der Waals surface area contributed by atoms with E-state index in [1.807, 2.05) is 0 Å². The smallest absolute Gasteiger partial charge is 0.322 e.